The summed E-state index contributed by atoms with van der Waals surface area (Å²) < 4.78 is 9.93. The molecule has 2 heterocycles. The van der Waals surface area contributed by atoms with Gasteiger partial charge in [-0.2, -0.15) is 0 Å². The van der Waals surface area contributed by atoms with Gasteiger partial charge < -0.3 is 14.8 Å². The fraction of sp³-hybridized carbons (Fsp3) is 0.500. The van der Waals surface area contributed by atoms with Crippen molar-refractivity contribution in [3.63, 3.8) is 0 Å². The SMILES string of the molecule is CC1CC(OC(=O)CCNc2ncccn2)C(=O)O1. The highest BCUT2D eigenvalue weighted by molar-refractivity contribution is 5.81. The van der Waals surface area contributed by atoms with Gasteiger partial charge in [0.2, 0.25) is 12.1 Å². The van der Waals surface area contributed by atoms with Crippen molar-refractivity contribution in [2.24, 2.45) is 0 Å². The summed E-state index contributed by atoms with van der Waals surface area (Å²) >= 11 is 0. The van der Waals surface area contributed by atoms with Gasteiger partial charge in [-0.1, -0.05) is 0 Å². The monoisotopic (exact) mass is 265 g/mol. The number of rotatable bonds is 5. The first-order chi connectivity index (χ1) is 9.15. The zero-order valence-electron chi connectivity index (χ0n) is 10.5. The molecule has 0 saturated carbocycles. The maximum absolute atomic E-state index is 11.5. The van der Waals surface area contributed by atoms with Gasteiger partial charge in [0.15, 0.2) is 0 Å². The van der Waals surface area contributed by atoms with Crippen LogP contribution in [0.2, 0.25) is 0 Å². The lowest BCUT2D eigenvalue weighted by molar-refractivity contribution is -0.160. The van der Waals surface area contributed by atoms with Crippen LogP contribution in [-0.2, 0) is 19.1 Å². The molecule has 1 aromatic rings. The van der Waals surface area contributed by atoms with Crippen LogP contribution in [-0.4, -0.2) is 40.7 Å². The third-order valence-electron chi connectivity index (χ3n) is 2.58. The molecule has 0 radical (unpaired) electrons. The first kappa shape index (κ1) is 13.3. The molecule has 0 aromatic carbocycles. The molecule has 0 spiro atoms. The Kier molecular flexibility index (Phi) is 4.27. The van der Waals surface area contributed by atoms with Crippen molar-refractivity contribution < 1.29 is 19.1 Å². The van der Waals surface area contributed by atoms with Gasteiger partial charge >= 0.3 is 11.9 Å². The van der Waals surface area contributed by atoms with E-state index in [1.54, 1.807) is 25.4 Å². The zero-order chi connectivity index (χ0) is 13.7. The van der Waals surface area contributed by atoms with Crippen LogP contribution < -0.4 is 5.32 Å². The van der Waals surface area contributed by atoms with E-state index in [9.17, 15) is 9.59 Å². The summed E-state index contributed by atoms with van der Waals surface area (Å²) in [4.78, 5) is 30.7. The summed E-state index contributed by atoms with van der Waals surface area (Å²) in [7, 11) is 0. The lowest BCUT2D eigenvalue weighted by Gasteiger charge is -2.08. The highest BCUT2D eigenvalue weighted by atomic mass is 16.6. The van der Waals surface area contributed by atoms with Gasteiger partial charge in [-0.05, 0) is 13.0 Å². The molecule has 7 heteroatoms. The Morgan fingerprint density at radius 2 is 2.26 bits per heavy atom. The van der Waals surface area contributed by atoms with Crippen molar-refractivity contribution in [1.82, 2.24) is 9.97 Å². The van der Waals surface area contributed by atoms with Crippen LogP contribution in [0.4, 0.5) is 5.95 Å². The van der Waals surface area contributed by atoms with Crippen LogP contribution in [0.1, 0.15) is 19.8 Å². The summed E-state index contributed by atoms with van der Waals surface area (Å²) in [6.45, 7) is 2.11. The van der Waals surface area contributed by atoms with E-state index < -0.39 is 18.0 Å². The Hall–Kier alpha value is -2.18. The van der Waals surface area contributed by atoms with Gasteiger partial charge in [-0.3, -0.25) is 4.79 Å². The van der Waals surface area contributed by atoms with E-state index in [0.29, 0.717) is 18.9 Å². The van der Waals surface area contributed by atoms with Gasteiger partial charge in [0.1, 0.15) is 6.10 Å². The standard InChI is InChI=1S/C12H15N3O4/c1-8-7-9(11(17)18-8)19-10(16)3-6-15-12-13-4-2-5-14-12/h2,4-5,8-9H,3,6-7H2,1H3,(H,13,14,15). The number of anilines is 1. The lowest BCUT2D eigenvalue weighted by Crippen LogP contribution is -2.24. The van der Waals surface area contributed by atoms with Gasteiger partial charge in [0, 0.05) is 25.4 Å². The zero-order valence-corrected chi connectivity index (χ0v) is 10.5. The number of carbonyl (C=O) groups excluding carboxylic acids is 2. The molecule has 2 rings (SSSR count). The number of cyclic esters (lactones) is 1. The number of hydrogen-bond donors (Lipinski definition) is 1. The minimum atomic E-state index is -0.768. The molecule has 2 unspecified atom stereocenters. The van der Waals surface area contributed by atoms with E-state index in [0.717, 1.165) is 0 Å². The fourth-order valence-electron chi connectivity index (χ4n) is 1.70. The molecule has 1 saturated heterocycles. The van der Waals surface area contributed by atoms with Crippen molar-refractivity contribution in [3.8, 4) is 0 Å². The second-order valence-electron chi connectivity index (χ2n) is 4.21. The van der Waals surface area contributed by atoms with Crippen molar-refractivity contribution in [2.75, 3.05) is 11.9 Å². The van der Waals surface area contributed by atoms with Crippen LogP contribution in [0.15, 0.2) is 18.5 Å². The second-order valence-corrected chi connectivity index (χ2v) is 4.21. The predicted molar refractivity (Wildman–Crippen MR) is 65.2 cm³/mol. The Morgan fingerprint density at radius 1 is 1.53 bits per heavy atom. The Balaban J connectivity index is 1.69. The third-order valence-corrected chi connectivity index (χ3v) is 2.58. The summed E-state index contributed by atoms with van der Waals surface area (Å²) in [6.07, 6.45) is 2.79. The third kappa shape index (κ3) is 3.90. The maximum Gasteiger partial charge on any atom is 0.347 e. The minimum Gasteiger partial charge on any atom is -0.460 e. The largest absolute Gasteiger partial charge is 0.460 e. The highest BCUT2D eigenvalue weighted by Gasteiger charge is 2.34. The topological polar surface area (TPSA) is 90.4 Å². The molecular weight excluding hydrogens is 250 g/mol. The van der Waals surface area contributed by atoms with Crippen LogP contribution in [0.25, 0.3) is 0 Å². The molecule has 1 aromatic heterocycles. The molecule has 1 aliphatic rings. The van der Waals surface area contributed by atoms with Gasteiger partial charge in [0.05, 0.1) is 6.42 Å². The Labute approximate surface area is 110 Å². The molecule has 1 fully saturated rings. The van der Waals surface area contributed by atoms with E-state index in [1.807, 2.05) is 0 Å². The molecule has 0 bridgehead atoms. The minimum absolute atomic E-state index is 0.135. The first-order valence-electron chi connectivity index (χ1n) is 6.06. The fourth-order valence-corrected chi connectivity index (χ4v) is 1.70. The van der Waals surface area contributed by atoms with E-state index in [-0.39, 0.29) is 12.5 Å². The molecule has 19 heavy (non-hydrogen) atoms. The molecule has 2 atom stereocenters. The average Bonchev–Trinajstić information content (AvgIpc) is 2.69. The van der Waals surface area contributed by atoms with Crippen molar-refractivity contribution in [3.05, 3.63) is 18.5 Å². The normalized spacial score (nSPS) is 21.8. The second kappa shape index (κ2) is 6.12. The summed E-state index contributed by atoms with van der Waals surface area (Å²) in [5.41, 5.74) is 0. The molecule has 1 N–H and O–H groups in total. The maximum atomic E-state index is 11.5. The van der Waals surface area contributed by atoms with Crippen molar-refractivity contribution in [2.45, 2.75) is 32.0 Å². The van der Waals surface area contributed by atoms with E-state index in [2.05, 4.69) is 15.3 Å². The number of ether oxygens (including phenoxy) is 2. The molecular formula is C12H15N3O4. The summed E-state index contributed by atoms with van der Waals surface area (Å²) in [6, 6.07) is 1.70. The smallest absolute Gasteiger partial charge is 0.347 e. The molecule has 7 nitrogen and oxygen atoms in total. The number of nitrogens with one attached hydrogen (secondary N) is 1. The predicted octanol–water partition coefficient (Wildman–Crippen LogP) is 0.526. The van der Waals surface area contributed by atoms with Crippen LogP contribution in [0, 0.1) is 0 Å². The van der Waals surface area contributed by atoms with Crippen LogP contribution in [0.5, 0.6) is 0 Å². The van der Waals surface area contributed by atoms with Gasteiger partial charge in [-0.15, -0.1) is 0 Å². The first-order valence-corrected chi connectivity index (χ1v) is 6.06. The van der Waals surface area contributed by atoms with Crippen LogP contribution in [0.3, 0.4) is 0 Å². The van der Waals surface area contributed by atoms with E-state index in [1.165, 1.54) is 0 Å². The summed E-state index contributed by atoms with van der Waals surface area (Å²) in [5.74, 6) is -0.469. The quantitative estimate of drug-likeness (QED) is 0.776. The number of esters is 2. The van der Waals surface area contributed by atoms with Crippen molar-refractivity contribution in [1.29, 1.82) is 0 Å². The number of aromatic nitrogens is 2. The molecule has 1 aliphatic heterocycles. The van der Waals surface area contributed by atoms with Gasteiger partial charge in [-0.25, -0.2) is 14.8 Å². The number of nitrogens with zero attached hydrogens (tertiary/aromatic N) is 2. The highest BCUT2D eigenvalue weighted by Crippen LogP contribution is 2.17. The Bertz CT molecular complexity index is 452. The summed E-state index contributed by atoms with van der Waals surface area (Å²) in [5, 5.41) is 2.88. The van der Waals surface area contributed by atoms with Crippen molar-refractivity contribution >= 4 is 17.9 Å². The average molecular weight is 265 g/mol. The Morgan fingerprint density at radius 3 is 2.89 bits per heavy atom. The van der Waals surface area contributed by atoms with E-state index >= 15 is 0 Å². The number of carbonyl (C=O) groups is 2. The molecule has 0 amide bonds. The van der Waals surface area contributed by atoms with Crippen LogP contribution >= 0.6 is 0 Å². The van der Waals surface area contributed by atoms with Gasteiger partial charge in [0.25, 0.3) is 0 Å². The lowest BCUT2D eigenvalue weighted by atomic mass is 10.2. The molecule has 102 valence electrons. The number of hydrogen-bond acceptors (Lipinski definition) is 7. The van der Waals surface area contributed by atoms with E-state index in [4.69, 9.17) is 9.47 Å². The molecule has 0 aliphatic carbocycles.